The topological polar surface area (TPSA) is 34.1 Å². The van der Waals surface area contributed by atoms with Crippen LogP contribution in [0.25, 0.3) is 0 Å². The number of thiazole rings is 1. The number of hydrogen-bond donors (Lipinski definition) is 1. The lowest BCUT2D eigenvalue weighted by molar-refractivity contribution is 0.0770. The first kappa shape index (κ1) is 15.6. The fourth-order valence-corrected chi connectivity index (χ4v) is 2.37. The number of hydrogen-bond acceptors (Lipinski definition) is 4. The van der Waals surface area contributed by atoms with Crippen molar-refractivity contribution in [2.24, 2.45) is 0 Å². The minimum atomic E-state index is 0.161. The third-order valence-electron chi connectivity index (χ3n) is 2.45. The predicted molar refractivity (Wildman–Crippen MR) is 78.2 cm³/mol. The Kier molecular flexibility index (Phi) is 6.26. The van der Waals surface area contributed by atoms with Crippen molar-refractivity contribution in [3.63, 3.8) is 0 Å². The maximum absolute atomic E-state index is 5.49. The Morgan fingerprint density at radius 3 is 2.67 bits per heavy atom. The average Bonchev–Trinajstić information content (AvgIpc) is 2.71. The van der Waals surface area contributed by atoms with Crippen molar-refractivity contribution in [3.05, 3.63) is 16.1 Å². The van der Waals surface area contributed by atoms with Crippen LogP contribution < -0.4 is 5.32 Å². The molecular formula is C14H26N2OS. The molecule has 0 saturated heterocycles. The van der Waals surface area contributed by atoms with Crippen LogP contribution in [0.3, 0.4) is 0 Å². The summed E-state index contributed by atoms with van der Waals surface area (Å²) in [5, 5.41) is 6.77. The third-order valence-corrected chi connectivity index (χ3v) is 3.77. The molecule has 0 spiro atoms. The largest absolute Gasteiger partial charge is 0.379 e. The second-order valence-electron chi connectivity index (χ2n) is 5.84. The molecule has 0 radical (unpaired) electrons. The highest BCUT2D eigenvalue weighted by Crippen LogP contribution is 2.25. The molecule has 1 aromatic rings. The van der Waals surface area contributed by atoms with E-state index in [0.29, 0.717) is 6.10 Å². The van der Waals surface area contributed by atoms with E-state index in [1.165, 1.54) is 5.01 Å². The van der Waals surface area contributed by atoms with E-state index in [2.05, 4.69) is 50.3 Å². The van der Waals surface area contributed by atoms with E-state index >= 15 is 0 Å². The smallest absolute Gasteiger partial charge is 0.0982 e. The molecule has 0 aromatic carbocycles. The zero-order valence-electron chi connectivity index (χ0n) is 12.2. The molecule has 0 saturated carbocycles. The summed E-state index contributed by atoms with van der Waals surface area (Å²) in [6.07, 6.45) is 1.38. The van der Waals surface area contributed by atoms with E-state index < -0.39 is 0 Å². The first-order valence-corrected chi connectivity index (χ1v) is 7.55. The van der Waals surface area contributed by atoms with Crippen LogP contribution in [0.1, 0.15) is 51.7 Å². The van der Waals surface area contributed by atoms with Crippen LogP contribution in [0.15, 0.2) is 5.38 Å². The van der Waals surface area contributed by atoms with Crippen molar-refractivity contribution >= 4 is 11.3 Å². The maximum Gasteiger partial charge on any atom is 0.0982 e. The van der Waals surface area contributed by atoms with Gasteiger partial charge in [-0.1, -0.05) is 20.8 Å². The second kappa shape index (κ2) is 7.22. The summed E-state index contributed by atoms with van der Waals surface area (Å²) < 4.78 is 5.49. The van der Waals surface area contributed by atoms with Gasteiger partial charge < -0.3 is 10.1 Å². The van der Waals surface area contributed by atoms with E-state index in [-0.39, 0.29) is 5.41 Å². The summed E-state index contributed by atoms with van der Waals surface area (Å²) in [7, 11) is 0. The van der Waals surface area contributed by atoms with Crippen molar-refractivity contribution in [3.8, 4) is 0 Å². The molecule has 0 atom stereocenters. The van der Waals surface area contributed by atoms with Gasteiger partial charge in [0.2, 0.25) is 0 Å². The summed E-state index contributed by atoms with van der Waals surface area (Å²) in [6, 6.07) is 0. The average molecular weight is 270 g/mol. The van der Waals surface area contributed by atoms with E-state index in [1.54, 1.807) is 11.3 Å². The number of nitrogens with one attached hydrogen (secondary N) is 1. The monoisotopic (exact) mass is 270 g/mol. The molecule has 18 heavy (non-hydrogen) atoms. The highest BCUT2D eigenvalue weighted by molar-refractivity contribution is 7.09. The van der Waals surface area contributed by atoms with Gasteiger partial charge in [0.1, 0.15) is 0 Å². The van der Waals surface area contributed by atoms with Crippen LogP contribution in [0, 0.1) is 0 Å². The van der Waals surface area contributed by atoms with Gasteiger partial charge in [-0.05, 0) is 26.8 Å². The van der Waals surface area contributed by atoms with Gasteiger partial charge in [0.05, 0.1) is 16.8 Å². The van der Waals surface area contributed by atoms with Crippen molar-refractivity contribution in [1.82, 2.24) is 10.3 Å². The highest BCUT2D eigenvalue weighted by Gasteiger charge is 2.17. The molecule has 0 fully saturated rings. The van der Waals surface area contributed by atoms with Crippen LogP contribution in [-0.4, -0.2) is 24.2 Å². The Labute approximate surface area is 115 Å². The maximum atomic E-state index is 5.49. The van der Waals surface area contributed by atoms with Gasteiger partial charge in [-0.2, -0.15) is 0 Å². The van der Waals surface area contributed by atoms with E-state index in [0.717, 1.165) is 31.8 Å². The van der Waals surface area contributed by atoms with E-state index in [9.17, 15) is 0 Å². The van der Waals surface area contributed by atoms with Gasteiger partial charge >= 0.3 is 0 Å². The van der Waals surface area contributed by atoms with Crippen LogP contribution in [0.5, 0.6) is 0 Å². The lowest BCUT2D eigenvalue weighted by Gasteiger charge is -2.13. The van der Waals surface area contributed by atoms with Crippen molar-refractivity contribution in [2.75, 3.05) is 13.2 Å². The Morgan fingerprint density at radius 2 is 2.11 bits per heavy atom. The van der Waals surface area contributed by atoms with Crippen LogP contribution in [-0.2, 0) is 16.7 Å². The number of ether oxygens (including phenoxy) is 1. The molecule has 0 aliphatic rings. The molecular weight excluding hydrogens is 244 g/mol. The standard InChI is InChI=1S/C14H26N2OS/c1-11(2)17-8-6-7-15-9-12-10-18-13(16-12)14(3,4)5/h10-11,15H,6-9H2,1-5H3. The van der Waals surface area contributed by atoms with Gasteiger partial charge in [0, 0.05) is 23.9 Å². The molecule has 1 rings (SSSR count). The number of aromatic nitrogens is 1. The number of nitrogens with zero attached hydrogens (tertiary/aromatic N) is 1. The molecule has 1 aromatic heterocycles. The Bertz CT molecular complexity index is 342. The lowest BCUT2D eigenvalue weighted by atomic mass is 9.98. The van der Waals surface area contributed by atoms with Gasteiger partial charge in [0.15, 0.2) is 0 Å². The fourth-order valence-electron chi connectivity index (χ4n) is 1.47. The van der Waals surface area contributed by atoms with Gasteiger partial charge in [-0.25, -0.2) is 4.98 Å². The third kappa shape index (κ3) is 5.94. The summed E-state index contributed by atoms with van der Waals surface area (Å²) >= 11 is 1.75. The Hall–Kier alpha value is -0.450. The summed E-state index contributed by atoms with van der Waals surface area (Å²) in [6.45, 7) is 13.4. The summed E-state index contributed by atoms with van der Waals surface area (Å²) in [4.78, 5) is 4.65. The fraction of sp³-hybridized carbons (Fsp3) is 0.786. The van der Waals surface area contributed by atoms with Crippen LogP contribution >= 0.6 is 11.3 Å². The van der Waals surface area contributed by atoms with Crippen LogP contribution in [0.4, 0.5) is 0 Å². The van der Waals surface area contributed by atoms with Gasteiger partial charge in [-0.3, -0.25) is 0 Å². The van der Waals surface area contributed by atoms with E-state index in [1.807, 2.05) is 0 Å². The molecule has 0 aliphatic heterocycles. The molecule has 3 nitrogen and oxygen atoms in total. The summed E-state index contributed by atoms with van der Waals surface area (Å²) in [5.41, 5.74) is 1.31. The van der Waals surface area contributed by atoms with Crippen molar-refractivity contribution in [1.29, 1.82) is 0 Å². The quantitative estimate of drug-likeness (QED) is 0.772. The Morgan fingerprint density at radius 1 is 1.39 bits per heavy atom. The van der Waals surface area contributed by atoms with E-state index in [4.69, 9.17) is 4.74 Å². The highest BCUT2D eigenvalue weighted by atomic mass is 32.1. The number of rotatable bonds is 7. The Balaban J connectivity index is 2.18. The second-order valence-corrected chi connectivity index (χ2v) is 6.70. The van der Waals surface area contributed by atoms with Gasteiger partial charge in [-0.15, -0.1) is 11.3 Å². The normalized spacial score (nSPS) is 12.3. The summed E-state index contributed by atoms with van der Waals surface area (Å²) in [5.74, 6) is 0. The zero-order valence-corrected chi connectivity index (χ0v) is 13.1. The molecule has 4 heteroatoms. The zero-order chi connectivity index (χ0) is 13.6. The molecule has 0 aliphatic carbocycles. The molecule has 0 bridgehead atoms. The molecule has 0 amide bonds. The lowest BCUT2D eigenvalue weighted by Crippen LogP contribution is -2.18. The SMILES string of the molecule is CC(C)OCCCNCc1csc(C(C)(C)C)n1. The van der Waals surface area contributed by atoms with Crippen molar-refractivity contribution < 1.29 is 4.74 Å². The molecule has 1 heterocycles. The van der Waals surface area contributed by atoms with Crippen molar-refractivity contribution in [2.45, 2.75) is 59.1 Å². The minimum Gasteiger partial charge on any atom is -0.379 e. The van der Waals surface area contributed by atoms with Gasteiger partial charge in [0.25, 0.3) is 0 Å². The molecule has 0 unspecified atom stereocenters. The first-order chi connectivity index (χ1) is 8.39. The predicted octanol–water partition coefficient (Wildman–Crippen LogP) is 3.35. The van der Waals surface area contributed by atoms with Crippen LogP contribution in [0.2, 0.25) is 0 Å². The first-order valence-electron chi connectivity index (χ1n) is 6.67. The molecule has 104 valence electrons. The minimum absolute atomic E-state index is 0.161. The molecule has 1 N–H and O–H groups in total.